The molecule has 0 spiro atoms. The van der Waals surface area contributed by atoms with Crippen LogP contribution in [0.4, 0.5) is 0 Å². The van der Waals surface area contributed by atoms with E-state index < -0.39 is 8.07 Å². The summed E-state index contributed by atoms with van der Waals surface area (Å²) in [4.78, 5) is 11.3. The third kappa shape index (κ3) is 2.08. The molecule has 0 amide bonds. The van der Waals surface area contributed by atoms with Crippen LogP contribution in [0.15, 0.2) is 12.7 Å². The first-order valence-electron chi connectivity index (χ1n) is 5.27. The molecule has 2 nitrogen and oxygen atoms in total. The van der Waals surface area contributed by atoms with E-state index in [4.69, 9.17) is 4.74 Å². The van der Waals surface area contributed by atoms with Crippen LogP contribution in [0.2, 0.25) is 19.1 Å². The van der Waals surface area contributed by atoms with Crippen molar-refractivity contribution in [2.75, 3.05) is 0 Å². The maximum absolute atomic E-state index is 11.3. The van der Waals surface area contributed by atoms with Crippen LogP contribution in [0.25, 0.3) is 0 Å². The summed E-state index contributed by atoms with van der Waals surface area (Å²) in [6.45, 7) is 10.2. The zero-order chi connectivity index (χ0) is 10.8. The molecule has 1 rings (SSSR count). The van der Waals surface area contributed by atoms with Crippen LogP contribution in [-0.2, 0) is 9.53 Å². The van der Waals surface area contributed by atoms with Gasteiger partial charge in [0.2, 0.25) is 0 Å². The fourth-order valence-electron chi connectivity index (χ4n) is 2.08. The number of ether oxygens (including phenoxy) is 1. The van der Waals surface area contributed by atoms with Crippen molar-refractivity contribution >= 4 is 14.0 Å². The minimum absolute atomic E-state index is 0.184. The first kappa shape index (κ1) is 11.5. The molecule has 3 heteroatoms. The van der Waals surface area contributed by atoms with Gasteiger partial charge in [0.25, 0.3) is 0 Å². The summed E-state index contributed by atoms with van der Waals surface area (Å²) < 4.78 is 5.55. The van der Waals surface area contributed by atoms with Crippen molar-refractivity contribution in [2.24, 2.45) is 0 Å². The van der Waals surface area contributed by atoms with E-state index in [-0.39, 0.29) is 11.2 Å². The molecule has 0 aromatic heterocycles. The van der Waals surface area contributed by atoms with E-state index in [1.54, 1.807) is 0 Å². The third-order valence-corrected chi connectivity index (χ3v) is 8.45. The molecule has 80 valence electrons. The van der Waals surface area contributed by atoms with Crippen LogP contribution in [0.3, 0.4) is 0 Å². The Morgan fingerprint density at radius 3 is 2.64 bits per heavy atom. The predicted octanol–water partition coefficient (Wildman–Crippen LogP) is 2.91. The van der Waals surface area contributed by atoms with Crippen molar-refractivity contribution in [3.8, 4) is 0 Å². The summed E-state index contributed by atoms with van der Waals surface area (Å²) in [6, 6.07) is 1.26. The van der Waals surface area contributed by atoms with Gasteiger partial charge >= 0.3 is 5.97 Å². The van der Waals surface area contributed by atoms with E-state index in [0.29, 0.717) is 0 Å². The Hall–Kier alpha value is -0.573. The van der Waals surface area contributed by atoms with Gasteiger partial charge in [0.1, 0.15) is 0 Å². The van der Waals surface area contributed by atoms with E-state index in [1.807, 2.05) is 0 Å². The average Bonchev–Trinajstić information content (AvgIpc) is 2.10. The van der Waals surface area contributed by atoms with Crippen LogP contribution in [-0.4, -0.2) is 19.3 Å². The molecule has 1 unspecified atom stereocenters. The fraction of sp³-hybridized carbons (Fsp3) is 0.727. The second-order valence-electron chi connectivity index (χ2n) is 4.95. The molecule has 0 aromatic carbocycles. The summed E-state index contributed by atoms with van der Waals surface area (Å²) in [7, 11) is -1.41. The Morgan fingerprint density at radius 2 is 2.14 bits per heavy atom. The highest BCUT2D eigenvalue weighted by atomic mass is 28.3. The molecular formula is C11H20O2Si. The molecule has 0 aromatic rings. The van der Waals surface area contributed by atoms with E-state index in [1.165, 1.54) is 25.0 Å². The SMILES string of the molecule is C=CC(=O)OC1(C)CCCC[Si]1(C)C. The van der Waals surface area contributed by atoms with Crippen molar-refractivity contribution in [3.05, 3.63) is 12.7 Å². The minimum atomic E-state index is -1.41. The van der Waals surface area contributed by atoms with Crippen LogP contribution >= 0.6 is 0 Å². The number of rotatable bonds is 2. The zero-order valence-electron chi connectivity index (χ0n) is 9.43. The van der Waals surface area contributed by atoms with Crippen molar-refractivity contribution in [1.82, 2.24) is 0 Å². The van der Waals surface area contributed by atoms with Crippen molar-refractivity contribution in [1.29, 1.82) is 0 Å². The molecular weight excluding hydrogens is 192 g/mol. The Morgan fingerprint density at radius 1 is 1.50 bits per heavy atom. The Kier molecular flexibility index (Phi) is 3.19. The average molecular weight is 212 g/mol. The lowest BCUT2D eigenvalue weighted by Crippen LogP contribution is -2.56. The summed E-state index contributed by atoms with van der Waals surface area (Å²) in [5.74, 6) is -0.269. The highest BCUT2D eigenvalue weighted by Crippen LogP contribution is 2.38. The van der Waals surface area contributed by atoms with E-state index in [0.717, 1.165) is 6.42 Å². The number of esters is 1. The van der Waals surface area contributed by atoms with Gasteiger partial charge in [-0.25, -0.2) is 4.79 Å². The Labute approximate surface area is 87.3 Å². The lowest BCUT2D eigenvalue weighted by molar-refractivity contribution is -0.146. The van der Waals surface area contributed by atoms with Crippen LogP contribution < -0.4 is 0 Å². The molecule has 1 aliphatic heterocycles. The van der Waals surface area contributed by atoms with Crippen molar-refractivity contribution in [2.45, 2.75) is 50.5 Å². The summed E-state index contributed by atoms with van der Waals surface area (Å²) >= 11 is 0. The van der Waals surface area contributed by atoms with Gasteiger partial charge in [-0.2, -0.15) is 0 Å². The van der Waals surface area contributed by atoms with E-state index in [9.17, 15) is 4.79 Å². The minimum Gasteiger partial charge on any atom is -0.460 e. The molecule has 0 saturated carbocycles. The largest absolute Gasteiger partial charge is 0.460 e. The first-order valence-corrected chi connectivity index (χ1v) is 8.47. The quantitative estimate of drug-likeness (QED) is 0.400. The molecule has 0 bridgehead atoms. The molecule has 14 heavy (non-hydrogen) atoms. The number of carbonyl (C=O) groups excluding carboxylic acids is 1. The summed E-state index contributed by atoms with van der Waals surface area (Å²) in [5.41, 5.74) is 0. The first-order chi connectivity index (χ1) is 6.41. The maximum atomic E-state index is 11.3. The molecule has 1 aliphatic rings. The maximum Gasteiger partial charge on any atom is 0.330 e. The van der Waals surface area contributed by atoms with Crippen molar-refractivity contribution < 1.29 is 9.53 Å². The monoisotopic (exact) mass is 212 g/mol. The zero-order valence-corrected chi connectivity index (χ0v) is 10.4. The van der Waals surface area contributed by atoms with Crippen LogP contribution in [0, 0.1) is 0 Å². The van der Waals surface area contributed by atoms with Gasteiger partial charge in [-0.05, 0) is 13.3 Å². The van der Waals surface area contributed by atoms with Crippen LogP contribution in [0.5, 0.6) is 0 Å². The molecule has 0 N–H and O–H groups in total. The highest BCUT2D eigenvalue weighted by Gasteiger charge is 2.47. The second kappa shape index (κ2) is 3.89. The number of hydrogen-bond acceptors (Lipinski definition) is 2. The van der Waals surface area contributed by atoms with Crippen LogP contribution in [0.1, 0.15) is 26.2 Å². The lowest BCUT2D eigenvalue weighted by atomic mass is 10.1. The van der Waals surface area contributed by atoms with Gasteiger partial charge < -0.3 is 4.74 Å². The normalized spacial score (nSPS) is 30.8. The van der Waals surface area contributed by atoms with E-state index >= 15 is 0 Å². The Balaban J connectivity index is 2.78. The van der Waals surface area contributed by atoms with E-state index in [2.05, 4.69) is 26.6 Å². The molecule has 1 saturated heterocycles. The number of hydrogen-bond donors (Lipinski definition) is 0. The lowest BCUT2D eigenvalue weighted by Gasteiger charge is -2.45. The molecule has 1 heterocycles. The third-order valence-electron chi connectivity index (χ3n) is 3.63. The van der Waals surface area contributed by atoms with Gasteiger partial charge in [-0.15, -0.1) is 0 Å². The predicted molar refractivity (Wildman–Crippen MR) is 60.8 cm³/mol. The van der Waals surface area contributed by atoms with Gasteiger partial charge in [-0.3, -0.25) is 0 Å². The summed E-state index contributed by atoms with van der Waals surface area (Å²) in [5, 5.41) is -0.184. The Bertz CT molecular complexity index is 248. The fourth-order valence-corrected chi connectivity index (χ4v) is 4.98. The van der Waals surface area contributed by atoms with Gasteiger partial charge in [-0.1, -0.05) is 38.6 Å². The number of carbonyl (C=O) groups is 1. The molecule has 0 radical (unpaired) electrons. The smallest absolute Gasteiger partial charge is 0.330 e. The standard InChI is InChI=1S/C11H20O2Si/c1-5-10(12)13-11(2)8-6-7-9-14(11,3)4/h5H,1,6-9H2,2-4H3. The second-order valence-corrected chi connectivity index (χ2v) is 10.3. The molecule has 1 atom stereocenters. The molecule has 0 aliphatic carbocycles. The molecule has 1 fully saturated rings. The topological polar surface area (TPSA) is 26.3 Å². The van der Waals surface area contributed by atoms with Gasteiger partial charge in [0, 0.05) is 6.08 Å². The van der Waals surface area contributed by atoms with Crippen molar-refractivity contribution in [3.63, 3.8) is 0 Å². The highest BCUT2D eigenvalue weighted by molar-refractivity contribution is 6.80. The van der Waals surface area contributed by atoms with Gasteiger partial charge in [0.05, 0.1) is 13.3 Å². The van der Waals surface area contributed by atoms with Gasteiger partial charge in [0.15, 0.2) is 0 Å². The summed E-state index contributed by atoms with van der Waals surface area (Å²) in [6.07, 6.45) is 4.76.